The van der Waals surface area contributed by atoms with Gasteiger partial charge in [-0.25, -0.2) is 0 Å². The Labute approximate surface area is 828 Å². The number of nitrogens with one attached hydrogen (secondary N) is 7. The van der Waals surface area contributed by atoms with Crippen molar-refractivity contribution in [2.75, 3.05) is 248 Å². The number of hydrogen-bond acceptors (Lipinski definition) is 40. The van der Waals surface area contributed by atoms with Crippen molar-refractivity contribution in [2.45, 2.75) is 183 Å². The molecule has 0 saturated heterocycles. The first-order valence-corrected chi connectivity index (χ1v) is 50.0. The number of amides is 6. The van der Waals surface area contributed by atoms with E-state index < -0.39 is 113 Å². The summed E-state index contributed by atoms with van der Waals surface area (Å²) in [5.41, 5.74) is 0. The van der Waals surface area contributed by atoms with Crippen molar-refractivity contribution >= 4 is 142 Å². The van der Waals surface area contributed by atoms with Crippen LogP contribution in [-0.2, 0) is 172 Å². The zero-order chi connectivity index (χ0) is 106. The third kappa shape index (κ3) is 98.1. The number of Topliss-reactive ketones (excluding diaryl/α,β-unsaturated/α-hetero) is 5. The third-order valence-corrected chi connectivity index (χ3v) is 20.6. The largest absolute Gasteiger partial charge is 0.481 e. The number of thioether (sulfide) groups is 3. The molecule has 0 aromatic rings. The minimum atomic E-state index is -1.27. The van der Waals surface area contributed by atoms with Crippen molar-refractivity contribution in [1.82, 2.24) is 37.2 Å². The van der Waals surface area contributed by atoms with Crippen molar-refractivity contribution in [3.05, 3.63) is 0 Å². The van der Waals surface area contributed by atoms with Crippen molar-refractivity contribution in [1.29, 1.82) is 0 Å². The average Bonchev–Trinajstić information content (AvgIpc) is 0.870. The number of unbranched alkanes of at least 4 members (excludes halogenated alkanes) is 1. The van der Waals surface area contributed by atoms with E-state index in [1.165, 1.54) is 49.1 Å². The number of carbonyl (C=O) groups is 14. The molecule has 0 fully saturated rings. The van der Waals surface area contributed by atoms with Gasteiger partial charge in [0, 0.05) is 139 Å². The van der Waals surface area contributed by atoms with Gasteiger partial charge in [0.25, 0.3) is 0 Å². The predicted molar refractivity (Wildman–Crippen MR) is 504 cm³/mol. The number of ether oxygens (including phenoxy) is 14. The molecule has 46 nitrogen and oxygen atoms in total. The highest BCUT2D eigenvalue weighted by molar-refractivity contribution is 7.99. The van der Waals surface area contributed by atoms with Gasteiger partial charge in [0.1, 0.15) is 17.9 Å². The molecule has 3 unspecified atom stereocenters. The summed E-state index contributed by atoms with van der Waals surface area (Å²) >= 11 is 4.02. The number of hydrogen-bond donors (Lipinski definition) is 10. The van der Waals surface area contributed by atoms with E-state index in [0.29, 0.717) is 170 Å². The fourth-order valence-corrected chi connectivity index (χ4v) is 12.5. The highest BCUT2D eigenvalue weighted by Crippen LogP contribution is 2.17. The van der Waals surface area contributed by atoms with Gasteiger partial charge in [-0.3, -0.25) is 67.1 Å². The second-order valence-electron chi connectivity index (χ2n) is 29.9. The van der Waals surface area contributed by atoms with Crippen LogP contribution in [0.15, 0.2) is 0 Å². The molecular weight excluding hydrogens is 1900 g/mol. The number of rotatable bonds is 88. The maximum Gasteiger partial charge on any atom is 0.373 e. The number of likely N-dealkylation sites (N-methyl/N-ethyl adjacent to an activating group) is 1. The summed E-state index contributed by atoms with van der Waals surface area (Å²) in [5.74, 6) is -11.3. The summed E-state index contributed by atoms with van der Waals surface area (Å²) in [7, 11) is 1.59. The number of carboxylic acid groups (broad SMARTS) is 3. The third-order valence-electron chi connectivity index (χ3n) is 18.3. The van der Waals surface area contributed by atoms with E-state index >= 15 is 0 Å². The monoisotopic (exact) mass is 2060 g/mol. The molecule has 0 heterocycles. The second-order valence-corrected chi connectivity index (χ2v) is 32.6. The summed E-state index contributed by atoms with van der Waals surface area (Å²) in [6.07, 6.45) is 11.2. The molecule has 0 aliphatic carbocycles. The van der Waals surface area contributed by atoms with E-state index in [9.17, 15) is 77.3 Å². The van der Waals surface area contributed by atoms with E-state index in [1.807, 2.05) is 34.0 Å². The maximum absolute atomic E-state index is 13.4. The molecule has 0 aliphatic rings. The number of carboxylic acids is 3. The van der Waals surface area contributed by atoms with Crippen molar-refractivity contribution in [2.24, 2.45) is 35.5 Å². The molecule has 6 amide bonds. The molecule has 10 N–H and O–H groups in total. The van der Waals surface area contributed by atoms with Crippen LogP contribution in [-0.4, -0.2) is 394 Å². The normalized spacial score (nSPS) is 12.6. The molecule has 0 saturated carbocycles. The lowest BCUT2D eigenvalue weighted by molar-refractivity contribution is -0.193. The van der Waals surface area contributed by atoms with Gasteiger partial charge in [0.15, 0.2) is 23.1 Å². The van der Waals surface area contributed by atoms with Gasteiger partial charge in [-0.2, -0.15) is 73.6 Å². The molecule has 0 spiro atoms. The summed E-state index contributed by atoms with van der Waals surface area (Å²) < 4.78 is 75.4. The highest BCUT2D eigenvalue weighted by Gasteiger charge is 2.33. The second kappa shape index (κ2) is 108. The van der Waals surface area contributed by atoms with Crippen LogP contribution in [0.5, 0.6) is 0 Å². The Morgan fingerprint density at radius 1 is 0.288 bits per heavy atom. The standard InChI is InChI=1S/C36H64N4O12S.C26H50O11S.C24H43N3O8S.4CO2/c1-7-12-49-16-18-51-14-10-32(43)37-22-28(39-34(45)25(4)9-3)30(41)20-26(5)35(46)40-29(31(42)21-27(24-53-6)36(47)48)23-38-33(44)11-15-52-19-17-50-13-8-2;1-3-4-6-30-8-10-32-12-14-34-16-18-36-20-21-37-19-17-35-15-13-33-11-9-31-7-5-25(27)22-24(23-38-2)26(28)29;1-6-8-34-10-11-35-9-7-22(30)26-14-19(25-4)21(29)12-16(2)23(31)27-17(3)20(28)13-18(15-36-5)24(32)33;4*2-1-3/h25-29H,7-24H2,1-6H3,(H,37,43)(H,38,44)(H,39,45)(H,40,46)(H,47,48);24H,3-23H2,1-2H3,(H,28,29);16-19,25H,6-15H2,1-5H3,(H,26,30)(H,27,31)(H,32,33);;;;/t25?,26-,27?,28+,29+;24-;16-,17+,18?,19+;;;;/m101..../s1. The Balaban J connectivity index is -0.000000362. The molecule has 0 bridgehead atoms. The summed E-state index contributed by atoms with van der Waals surface area (Å²) in [6, 6.07) is -3.93. The van der Waals surface area contributed by atoms with Gasteiger partial charge >= 0.3 is 42.5 Å². The molecular formula is C90H157N7O39S3. The van der Waals surface area contributed by atoms with Gasteiger partial charge in [-0.05, 0) is 64.8 Å². The Morgan fingerprint density at radius 2 is 0.525 bits per heavy atom. The topological polar surface area (TPSA) is 650 Å². The molecule has 0 radical (unpaired) electrons. The van der Waals surface area contributed by atoms with Crippen LogP contribution in [0, 0.1) is 35.5 Å². The molecule has 10 atom stereocenters. The van der Waals surface area contributed by atoms with E-state index in [2.05, 4.69) is 44.1 Å². The summed E-state index contributed by atoms with van der Waals surface area (Å²) in [5, 5.41) is 46.5. The predicted octanol–water partition coefficient (Wildman–Crippen LogP) is 2.16. The van der Waals surface area contributed by atoms with Crippen LogP contribution in [0.2, 0.25) is 0 Å². The van der Waals surface area contributed by atoms with Crippen LogP contribution in [0.1, 0.15) is 159 Å². The van der Waals surface area contributed by atoms with Gasteiger partial charge in [0.05, 0.1) is 188 Å². The maximum atomic E-state index is 13.4. The first-order chi connectivity index (χ1) is 66.6. The van der Waals surface area contributed by atoms with E-state index in [1.54, 1.807) is 33.4 Å². The molecule has 139 heavy (non-hydrogen) atoms. The first-order valence-electron chi connectivity index (χ1n) is 45.9. The molecule has 0 aliphatic heterocycles. The SMILES string of the molecule is CCCCOCCOCCOCCOCCOCCOCCOCCOCCC(=O)C[C@@H](CSC)C(=O)O.CCCOCCOCCC(=O)NC[C@H](NC(=O)C(C)CC)C(=O)C[C@@H](C)C(=O)N[C@@H](CNC(=O)CCOCCOCCC)C(=O)CC(CSC)C(=O)O.CCCOCCOCCC(=O)NC[C@H](NC)C(=O)C[C@@H](C)C(=O)N[C@@H](C)C(=O)CC(CSC)C(=O)O.O=C=O.O=C=O.O=C=O.O=C=O. The minimum Gasteiger partial charge on any atom is -0.481 e. The lowest BCUT2D eigenvalue weighted by Crippen LogP contribution is -2.52. The average molecular weight is 2060 g/mol. The number of ketones is 5. The number of carbonyl (C=O) groups excluding carboxylic acids is 19. The smallest absolute Gasteiger partial charge is 0.373 e. The zero-order valence-electron chi connectivity index (χ0n) is 83.2. The fourth-order valence-electron chi connectivity index (χ4n) is 10.5. The van der Waals surface area contributed by atoms with Crippen LogP contribution < -0.4 is 37.2 Å². The van der Waals surface area contributed by atoms with Crippen molar-refractivity contribution in [3.8, 4) is 0 Å². The van der Waals surface area contributed by atoms with E-state index in [4.69, 9.17) is 110 Å². The van der Waals surface area contributed by atoms with Crippen LogP contribution >= 0.6 is 35.3 Å². The summed E-state index contributed by atoms with van der Waals surface area (Å²) in [6.45, 7) is 28.5. The lowest BCUT2D eigenvalue weighted by Gasteiger charge is -2.24. The van der Waals surface area contributed by atoms with Crippen LogP contribution in [0.4, 0.5) is 0 Å². The molecule has 0 aromatic heterocycles. The lowest BCUT2D eigenvalue weighted by atomic mass is 9.96. The van der Waals surface area contributed by atoms with Gasteiger partial charge < -0.3 is 119 Å². The Kier molecular flexibility index (Phi) is 112. The van der Waals surface area contributed by atoms with E-state index in [0.717, 1.165) is 38.7 Å². The Hall–Kier alpha value is -8.45. The summed E-state index contributed by atoms with van der Waals surface area (Å²) in [4.78, 5) is 238. The molecule has 0 aromatic carbocycles. The van der Waals surface area contributed by atoms with Crippen LogP contribution in [0.25, 0.3) is 0 Å². The zero-order valence-corrected chi connectivity index (χ0v) is 85.6. The molecule has 804 valence electrons. The van der Waals surface area contributed by atoms with Crippen molar-refractivity contribution < 1.29 is 187 Å². The Bertz CT molecular complexity index is 3290. The minimum absolute atomic E-state index is 0.0148. The number of aliphatic carboxylic acids is 3. The van der Waals surface area contributed by atoms with E-state index in [-0.39, 0.29) is 163 Å². The van der Waals surface area contributed by atoms with Crippen LogP contribution in [0.3, 0.4) is 0 Å². The Morgan fingerprint density at radius 3 is 0.799 bits per heavy atom. The van der Waals surface area contributed by atoms with Crippen molar-refractivity contribution in [3.63, 3.8) is 0 Å². The molecule has 0 rings (SSSR count). The highest BCUT2D eigenvalue weighted by atomic mass is 32.2. The van der Waals surface area contributed by atoms with Gasteiger partial charge in [0.2, 0.25) is 35.4 Å². The fraction of sp³-hybridized carbons (Fsp3) is 0.800. The van der Waals surface area contributed by atoms with Gasteiger partial charge in [-0.1, -0.05) is 61.8 Å². The quantitative estimate of drug-likeness (QED) is 0.0390. The molecule has 49 heteroatoms. The first kappa shape index (κ1) is 144. The van der Waals surface area contributed by atoms with Gasteiger partial charge in [-0.15, -0.1) is 0 Å².